The number of aromatic nitrogens is 1. The fraction of sp³-hybridized carbons (Fsp3) is 0.292. The van der Waals surface area contributed by atoms with Crippen LogP contribution in [-0.2, 0) is 21.1 Å². The van der Waals surface area contributed by atoms with Crippen LogP contribution in [0.5, 0.6) is 0 Å². The van der Waals surface area contributed by atoms with E-state index < -0.39 is 21.0 Å². The first kappa shape index (κ1) is 24.6. The zero-order valence-corrected chi connectivity index (χ0v) is 20.4. The third-order valence-electron chi connectivity index (χ3n) is 5.05. The summed E-state index contributed by atoms with van der Waals surface area (Å²) in [4.78, 5) is 28.3. The molecule has 9 heteroatoms. The lowest BCUT2D eigenvalue weighted by atomic mass is 10.1. The van der Waals surface area contributed by atoms with E-state index in [2.05, 4.69) is 15.6 Å². The minimum atomic E-state index is -3.60. The Balaban J connectivity index is 1.68. The van der Waals surface area contributed by atoms with Gasteiger partial charge in [-0.1, -0.05) is 36.4 Å². The number of benzene rings is 2. The molecule has 0 aliphatic heterocycles. The van der Waals surface area contributed by atoms with E-state index in [0.29, 0.717) is 11.7 Å². The maximum Gasteiger partial charge on any atom is 0.258 e. The van der Waals surface area contributed by atoms with Crippen LogP contribution in [0.1, 0.15) is 43.1 Å². The van der Waals surface area contributed by atoms with Gasteiger partial charge >= 0.3 is 0 Å². The third-order valence-corrected chi connectivity index (χ3v) is 8.02. The van der Waals surface area contributed by atoms with Gasteiger partial charge in [0.2, 0.25) is 5.91 Å². The van der Waals surface area contributed by atoms with E-state index in [1.807, 2.05) is 29.6 Å². The van der Waals surface area contributed by atoms with Crippen molar-refractivity contribution in [1.82, 2.24) is 10.3 Å². The van der Waals surface area contributed by atoms with Crippen LogP contribution in [0.4, 0.5) is 5.13 Å². The van der Waals surface area contributed by atoms with Gasteiger partial charge in [0.05, 0.1) is 21.4 Å². The monoisotopic (exact) mass is 485 g/mol. The summed E-state index contributed by atoms with van der Waals surface area (Å²) in [6.07, 6.45) is 1.72. The number of amides is 2. The van der Waals surface area contributed by atoms with Crippen molar-refractivity contribution in [1.29, 1.82) is 0 Å². The molecule has 7 nitrogen and oxygen atoms in total. The molecule has 1 aromatic heterocycles. The van der Waals surface area contributed by atoms with Gasteiger partial charge in [0.25, 0.3) is 5.91 Å². The number of anilines is 1. The molecule has 3 rings (SSSR count). The van der Waals surface area contributed by atoms with Crippen molar-refractivity contribution >= 4 is 38.1 Å². The van der Waals surface area contributed by atoms with E-state index in [1.54, 1.807) is 26.0 Å². The second-order valence-electron chi connectivity index (χ2n) is 7.87. The molecule has 1 heterocycles. The molecule has 0 bridgehead atoms. The summed E-state index contributed by atoms with van der Waals surface area (Å²) in [5, 5.41) is 7.12. The van der Waals surface area contributed by atoms with Gasteiger partial charge in [0.1, 0.15) is 0 Å². The van der Waals surface area contributed by atoms with Gasteiger partial charge in [-0.15, -0.1) is 11.3 Å². The number of nitrogens with zero attached hydrogens (tertiary/aromatic N) is 1. The lowest BCUT2D eigenvalue weighted by Crippen LogP contribution is -2.21. The highest BCUT2D eigenvalue weighted by atomic mass is 32.2. The first-order chi connectivity index (χ1) is 15.7. The van der Waals surface area contributed by atoms with Gasteiger partial charge in [0, 0.05) is 24.4 Å². The molecule has 0 saturated carbocycles. The Hall–Kier alpha value is -3.04. The van der Waals surface area contributed by atoms with Crippen LogP contribution in [0.3, 0.4) is 0 Å². The number of rotatable bonds is 9. The van der Waals surface area contributed by atoms with Gasteiger partial charge in [-0.2, -0.15) is 0 Å². The number of nitrogens with one attached hydrogen (secondary N) is 2. The SMILES string of the molecule is CC(=O)NCCCc1ccc(-c2csc(NC(=O)c3ccccc3S(=O)(=O)C(C)C)n2)cc1. The van der Waals surface area contributed by atoms with Crippen LogP contribution >= 0.6 is 11.3 Å². The predicted molar refractivity (Wildman–Crippen MR) is 131 cm³/mol. The number of carbonyl (C=O) groups excluding carboxylic acids is 2. The molecule has 2 aromatic carbocycles. The molecule has 2 N–H and O–H groups in total. The standard InChI is InChI=1S/C24H27N3O4S2/c1-16(2)33(30,31)22-9-5-4-8-20(22)23(29)27-24-26-21(15-32-24)19-12-10-18(11-13-19)7-6-14-25-17(3)28/h4-5,8-13,15-16H,6-7,14H2,1-3H3,(H,25,28)(H,26,27,29). The highest BCUT2D eigenvalue weighted by Gasteiger charge is 2.25. The maximum atomic E-state index is 12.8. The largest absolute Gasteiger partial charge is 0.356 e. The molecule has 0 saturated heterocycles. The Morgan fingerprint density at radius 2 is 1.76 bits per heavy atom. The van der Waals surface area contributed by atoms with Gasteiger partial charge in [-0.25, -0.2) is 13.4 Å². The Labute approximate surface area is 198 Å². The lowest BCUT2D eigenvalue weighted by Gasteiger charge is -2.12. The molecular weight excluding hydrogens is 458 g/mol. The number of sulfone groups is 1. The second kappa shape index (κ2) is 10.7. The van der Waals surface area contributed by atoms with Crippen LogP contribution < -0.4 is 10.6 Å². The van der Waals surface area contributed by atoms with Crippen molar-refractivity contribution in [3.63, 3.8) is 0 Å². The minimum Gasteiger partial charge on any atom is -0.356 e. The third kappa shape index (κ3) is 6.27. The molecule has 174 valence electrons. The number of carbonyl (C=O) groups is 2. The van der Waals surface area contributed by atoms with Crippen molar-refractivity contribution in [3.05, 3.63) is 65.0 Å². The van der Waals surface area contributed by atoms with Crippen LogP contribution in [0, 0.1) is 0 Å². The number of thiazole rings is 1. The molecule has 0 atom stereocenters. The van der Waals surface area contributed by atoms with Crippen LogP contribution in [-0.4, -0.2) is 37.0 Å². The fourth-order valence-electron chi connectivity index (χ4n) is 3.18. The molecule has 3 aromatic rings. The Morgan fingerprint density at radius 1 is 1.06 bits per heavy atom. The molecule has 33 heavy (non-hydrogen) atoms. The smallest absolute Gasteiger partial charge is 0.258 e. The second-order valence-corrected chi connectivity index (χ2v) is 11.2. The summed E-state index contributed by atoms with van der Waals surface area (Å²) in [7, 11) is -3.60. The van der Waals surface area contributed by atoms with E-state index in [0.717, 1.165) is 29.7 Å². The predicted octanol–water partition coefficient (Wildman–Crippen LogP) is 4.31. The summed E-state index contributed by atoms with van der Waals surface area (Å²) in [5.74, 6) is -0.535. The van der Waals surface area contributed by atoms with E-state index in [1.165, 1.54) is 30.4 Å². The molecule has 0 aliphatic rings. The highest BCUT2D eigenvalue weighted by Crippen LogP contribution is 2.27. The summed E-state index contributed by atoms with van der Waals surface area (Å²) in [6, 6.07) is 14.2. The van der Waals surface area contributed by atoms with Crippen LogP contribution in [0.2, 0.25) is 0 Å². The van der Waals surface area contributed by atoms with Crippen molar-refractivity contribution < 1.29 is 18.0 Å². The Bertz CT molecular complexity index is 1230. The summed E-state index contributed by atoms with van der Waals surface area (Å²) in [5.41, 5.74) is 2.91. The summed E-state index contributed by atoms with van der Waals surface area (Å²) >= 11 is 1.28. The minimum absolute atomic E-state index is 0.0170. The van der Waals surface area contributed by atoms with Gasteiger partial charge in [-0.05, 0) is 44.4 Å². The molecule has 2 amide bonds. The van der Waals surface area contributed by atoms with Crippen molar-refractivity contribution in [2.75, 3.05) is 11.9 Å². The Morgan fingerprint density at radius 3 is 2.42 bits per heavy atom. The first-order valence-electron chi connectivity index (χ1n) is 10.6. The average Bonchev–Trinajstić information content (AvgIpc) is 3.25. The molecule has 0 fully saturated rings. The number of hydrogen-bond acceptors (Lipinski definition) is 6. The number of aryl methyl sites for hydroxylation is 1. The van der Waals surface area contributed by atoms with Crippen molar-refractivity contribution in [2.24, 2.45) is 0 Å². The van der Waals surface area contributed by atoms with Gasteiger partial charge in [0.15, 0.2) is 15.0 Å². The van der Waals surface area contributed by atoms with E-state index in [4.69, 9.17) is 0 Å². The molecule has 0 spiro atoms. The maximum absolute atomic E-state index is 12.8. The Kier molecular flexibility index (Phi) is 7.99. The molecule has 0 aliphatic carbocycles. The lowest BCUT2D eigenvalue weighted by molar-refractivity contribution is -0.118. The quantitative estimate of drug-likeness (QED) is 0.439. The normalized spacial score (nSPS) is 11.4. The van der Waals surface area contributed by atoms with Crippen LogP contribution in [0.25, 0.3) is 11.3 Å². The molecular formula is C24H27N3O4S2. The van der Waals surface area contributed by atoms with Crippen molar-refractivity contribution in [2.45, 2.75) is 43.8 Å². The first-order valence-corrected chi connectivity index (χ1v) is 13.0. The van der Waals surface area contributed by atoms with E-state index in [9.17, 15) is 18.0 Å². The zero-order valence-electron chi connectivity index (χ0n) is 18.8. The molecule has 0 unspecified atom stereocenters. The topological polar surface area (TPSA) is 105 Å². The zero-order chi connectivity index (χ0) is 24.0. The highest BCUT2D eigenvalue weighted by molar-refractivity contribution is 7.92. The summed E-state index contributed by atoms with van der Waals surface area (Å²) < 4.78 is 25.3. The number of hydrogen-bond donors (Lipinski definition) is 2. The van der Waals surface area contributed by atoms with Crippen LogP contribution in [0.15, 0.2) is 58.8 Å². The molecule has 0 radical (unpaired) electrons. The van der Waals surface area contributed by atoms with Gasteiger partial charge < -0.3 is 5.32 Å². The fourth-order valence-corrected chi connectivity index (χ4v) is 5.14. The van der Waals surface area contributed by atoms with Gasteiger partial charge in [-0.3, -0.25) is 14.9 Å². The van der Waals surface area contributed by atoms with E-state index in [-0.39, 0.29) is 16.4 Å². The van der Waals surface area contributed by atoms with E-state index >= 15 is 0 Å². The summed E-state index contributed by atoms with van der Waals surface area (Å²) in [6.45, 7) is 5.33. The van der Waals surface area contributed by atoms with Crippen molar-refractivity contribution in [3.8, 4) is 11.3 Å². The average molecular weight is 486 g/mol.